The van der Waals surface area contributed by atoms with E-state index in [2.05, 4.69) is 39.7 Å². The van der Waals surface area contributed by atoms with E-state index in [4.69, 9.17) is 12.2 Å². The molecule has 0 aliphatic heterocycles. The zero-order valence-corrected chi connectivity index (χ0v) is 11.4. The maximum absolute atomic E-state index is 5.26. The molecule has 1 heterocycles. The standard InChI is InChI=1S/C11H15BrN2S/c1-6(2)9-8(12)11(15)14-10(13-9)7-4-3-5-7/h6-7H,3-5H2,1-2H3,(H,13,14,15). The van der Waals surface area contributed by atoms with Crippen LogP contribution >= 0.6 is 28.1 Å². The van der Waals surface area contributed by atoms with E-state index in [1.54, 1.807) is 0 Å². The molecule has 2 rings (SSSR count). The summed E-state index contributed by atoms with van der Waals surface area (Å²) in [6, 6.07) is 0. The third-order valence-electron chi connectivity index (χ3n) is 2.98. The van der Waals surface area contributed by atoms with E-state index in [0.717, 1.165) is 10.3 Å². The Hall–Kier alpha value is -0.220. The van der Waals surface area contributed by atoms with Crippen LogP contribution in [0, 0.1) is 4.64 Å². The van der Waals surface area contributed by atoms with Crippen LogP contribution in [0.25, 0.3) is 0 Å². The number of H-pyrrole nitrogens is 1. The Morgan fingerprint density at radius 2 is 2.13 bits per heavy atom. The molecule has 0 unspecified atom stereocenters. The summed E-state index contributed by atoms with van der Waals surface area (Å²) in [5, 5.41) is 0. The van der Waals surface area contributed by atoms with Crippen molar-refractivity contribution in [3.05, 3.63) is 20.6 Å². The number of hydrogen-bond donors (Lipinski definition) is 1. The van der Waals surface area contributed by atoms with Crippen molar-refractivity contribution in [1.29, 1.82) is 0 Å². The Bertz CT molecular complexity index is 421. The second-order valence-electron chi connectivity index (χ2n) is 4.44. The van der Waals surface area contributed by atoms with Crippen molar-refractivity contribution in [1.82, 2.24) is 9.97 Å². The van der Waals surface area contributed by atoms with E-state index in [9.17, 15) is 0 Å². The quantitative estimate of drug-likeness (QED) is 0.822. The molecule has 4 heteroatoms. The molecule has 0 spiro atoms. The van der Waals surface area contributed by atoms with Crippen LogP contribution in [0.2, 0.25) is 0 Å². The van der Waals surface area contributed by atoms with Gasteiger partial charge >= 0.3 is 0 Å². The second-order valence-corrected chi connectivity index (χ2v) is 5.62. The van der Waals surface area contributed by atoms with Crippen LogP contribution in [-0.4, -0.2) is 9.97 Å². The average molecular weight is 287 g/mol. The number of nitrogens with one attached hydrogen (secondary N) is 1. The largest absolute Gasteiger partial charge is 0.346 e. The van der Waals surface area contributed by atoms with Crippen molar-refractivity contribution < 1.29 is 0 Å². The fraction of sp³-hybridized carbons (Fsp3) is 0.636. The van der Waals surface area contributed by atoms with Crippen molar-refractivity contribution in [2.45, 2.75) is 44.9 Å². The van der Waals surface area contributed by atoms with E-state index < -0.39 is 0 Å². The van der Waals surface area contributed by atoms with Gasteiger partial charge in [0.15, 0.2) is 0 Å². The summed E-state index contributed by atoms with van der Waals surface area (Å²) in [6.45, 7) is 4.33. The predicted molar refractivity (Wildman–Crippen MR) is 67.8 cm³/mol. The van der Waals surface area contributed by atoms with Gasteiger partial charge in [-0.3, -0.25) is 0 Å². The van der Waals surface area contributed by atoms with Gasteiger partial charge in [-0.05, 0) is 34.7 Å². The Labute approximate surface area is 104 Å². The smallest absolute Gasteiger partial charge is 0.144 e. The summed E-state index contributed by atoms with van der Waals surface area (Å²) in [4.78, 5) is 7.88. The van der Waals surface area contributed by atoms with E-state index in [0.29, 0.717) is 16.5 Å². The molecule has 0 saturated heterocycles. The van der Waals surface area contributed by atoms with E-state index in [1.165, 1.54) is 25.0 Å². The number of halogens is 1. The van der Waals surface area contributed by atoms with Gasteiger partial charge < -0.3 is 4.98 Å². The van der Waals surface area contributed by atoms with Gasteiger partial charge in [-0.25, -0.2) is 4.98 Å². The maximum Gasteiger partial charge on any atom is 0.144 e. The molecule has 1 aromatic heterocycles. The van der Waals surface area contributed by atoms with Crippen molar-refractivity contribution >= 4 is 28.1 Å². The predicted octanol–water partition coefficient (Wildman–Crippen LogP) is 4.29. The summed E-state index contributed by atoms with van der Waals surface area (Å²) in [6.07, 6.45) is 3.81. The highest BCUT2D eigenvalue weighted by Crippen LogP contribution is 2.35. The van der Waals surface area contributed by atoms with Crippen molar-refractivity contribution in [3.63, 3.8) is 0 Å². The Morgan fingerprint density at radius 1 is 1.47 bits per heavy atom. The van der Waals surface area contributed by atoms with Gasteiger partial charge in [-0.2, -0.15) is 0 Å². The van der Waals surface area contributed by atoms with Crippen molar-refractivity contribution in [3.8, 4) is 0 Å². The van der Waals surface area contributed by atoms with Crippen LogP contribution in [0.1, 0.15) is 56.5 Å². The SMILES string of the molecule is CC(C)c1[nH]c(C2CCC2)nc(=S)c1Br. The molecule has 0 atom stereocenters. The number of rotatable bonds is 2. The number of nitrogens with zero attached hydrogens (tertiary/aromatic N) is 1. The highest BCUT2D eigenvalue weighted by Gasteiger charge is 2.23. The molecular weight excluding hydrogens is 272 g/mol. The van der Waals surface area contributed by atoms with Gasteiger partial charge in [0.1, 0.15) is 10.5 Å². The summed E-state index contributed by atoms with van der Waals surface area (Å²) in [5.41, 5.74) is 1.18. The molecule has 1 fully saturated rings. The number of hydrogen-bond acceptors (Lipinski definition) is 2. The van der Waals surface area contributed by atoms with E-state index in [-0.39, 0.29) is 0 Å². The highest BCUT2D eigenvalue weighted by atomic mass is 79.9. The Kier molecular flexibility index (Phi) is 3.26. The Balaban J connectivity index is 2.45. The first-order valence-electron chi connectivity index (χ1n) is 5.39. The molecule has 2 nitrogen and oxygen atoms in total. The van der Waals surface area contributed by atoms with Crippen LogP contribution in [-0.2, 0) is 0 Å². The fourth-order valence-electron chi connectivity index (χ4n) is 1.77. The lowest BCUT2D eigenvalue weighted by Crippen LogP contribution is -2.14. The van der Waals surface area contributed by atoms with Gasteiger partial charge in [0.2, 0.25) is 0 Å². The molecule has 82 valence electrons. The molecule has 1 aliphatic carbocycles. The minimum Gasteiger partial charge on any atom is -0.346 e. The zero-order chi connectivity index (χ0) is 11.0. The molecule has 1 aliphatic rings. The lowest BCUT2D eigenvalue weighted by Gasteiger charge is -2.25. The average Bonchev–Trinajstić information content (AvgIpc) is 2.07. The first-order chi connectivity index (χ1) is 7.09. The summed E-state index contributed by atoms with van der Waals surface area (Å²) in [7, 11) is 0. The van der Waals surface area contributed by atoms with Crippen molar-refractivity contribution in [2.75, 3.05) is 0 Å². The van der Waals surface area contributed by atoms with Gasteiger partial charge in [-0.15, -0.1) is 0 Å². The second kappa shape index (κ2) is 4.34. The monoisotopic (exact) mass is 286 g/mol. The third-order valence-corrected chi connectivity index (χ3v) is 4.34. The molecule has 0 aromatic carbocycles. The van der Waals surface area contributed by atoms with Crippen LogP contribution in [0.5, 0.6) is 0 Å². The topological polar surface area (TPSA) is 28.7 Å². The molecule has 1 N–H and O–H groups in total. The number of aromatic amines is 1. The molecule has 1 aromatic rings. The lowest BCUT2D eigenvalue weighted by molar-refractivity contribution is 0.399. The third kappa shape index (κ3) is 2.16. The maximum atomic E-state index is 5.26. The van der Waals surface area contributed by atoms with E-state index in [1.807, 2.05) is 0 Å². The molecule has 0 amide bonds. The van der Waals surface area contributed by atoms with Crippen LogP contribution in [0.15, 0.2) is 4.47 Å². The summed E-state index contributed by atoms with van der Waals surface area (Å²) in [5.74, 6) is 2.14. The molecular formula is C11H15BrN2S. The van der Waals surface area contributed by atoms with Gasteiger partial charge in [0.25, 0.3) is 0 Å². The lowest BCUT2D eigenvalue weighted by atomic mass is 9.85. The highest BCUT2D eigenvalue weighted by molar-refractivity contribution is 9.10. The van der Waals surface area contributed by atoms with Crippen LogP contribution in [0.4, 0.5) is 0 Å². The molecule has 0 bridgehead atoms. The number of aromatic nitrogens is 2. The molecule has 1 saturated carbocycles. The molecule has 15 heavy (non-hydrogen) atoms. The van der Waals surface area contributed by atoms with Gasteiger partial charge in [0.05, 0.1) is 4.47 Å². The molecule has 0 radical (unpaired) electrons. The normalized spacial score (nSPS) is 16.8. The Morgan fingerprint density at radius 3 is 2.60 bits per heavy atom. The van der Waals surface area contributed by atoms with Crippen molar-refractivity contribution in [2.24, 2.45) is 0 Å². The first kappa shape index (κ1) is 11.3. The van der Waals surface area contributed by atoms with Crippen LogP contribution in [0.3, 0.4) is 0 Å². The minimum absolute atomic E-state index is 0.447. The van der Waals surface area contributed by atoms with Gasteiger partial charge in [0, 0.05) is 11.6 Å². The summed E-state index contributed by atoms with van der Waals surface area (Å²) >= 11 is 8.77. The van der Waals surface area contributed by atoms with Gasteiger partial charge in [-0.1, -0.05) is 32.5 Å². The summed E-state index contributed by atoms with van der Waals surface area (Å²) < 4.78 is 1.65. The minimum atomic E-state index is 0.447. The fourth-order valence-corrected chi connectivity index (χ4v) is 2.62. The zero-order valence-electron chi connectivity index (χ0n) is 9.01. The first-order valence-corrected chi connectivity index (χ1v) is 6.59. The van der Waals surface area contributed by atoms with E-state index >= 15 is 0 Å². The van der Waals surface area contributed by atoms with Crippen LogP contribution < -0.4 is 0 Å².